The van der Waals surface area contributed by atoms with Crippen molar-refractivity contribution in [3.63, 3.8) is 0 Å². The van der Waals surface area contributed by atoms with Crippen LogP contribution in [0.2, 0.25) is 0 Å². The third-order valence-electron chi connectivity index (χ3n) is 4.04. The van der Waals surface area contributed by atoms with E-state index in [0.717, 1.165) is 5.56 Å². The number of aliphatic hydroxyl groups excluding tert-OH is 2. The number of aliphatic hydroxyl groups is 2. The number of carboxylic acid groups (broad SMARTS) is 1. The summed E-state index contributed by atoms with van der Waals surface area (Å²) < 4.78 is 0. The van der Waals surface area contributed by atoms with Gasteiger partial charge in [0.05, 0.1) is 18.2 Å². The smallest absolute Gasteiger partial charge is 0.321 e. The summed E-state index contributed by atoms with van der Waals surface area (Å²) in [6.45, 7) is 1.46. The summed E-state index contributed by atoms with van der Waals surface area (Å²) in [5, 5.41) is 32.3. The Kier molecular flexibility index (Phi) is 5.70. The van der Waals surface area contributed by atoms with Crippen molar-refractivity contribution in [2.45, 2.75) is 37.6 Å². The van der Waals surface area contributed by atoms with E-state index in [4.69, 9.17) is 0 Å². The molecule has 1 saturated heterocycles. The van der Waals surface area contributed by atoms with Crippen molar-refractivity contribution >= 4 is 11.9 Å². The van der Waals surface area contributed by atoms with Crippen molar-refractivity contribution in [2.24, 2.45) is 0 Å². The molecule has 1 amide bonds. The maximum atomic E-state index is 11.6. The Morgan fingerprint density at radius 2 is 1.78 bits per heavy atom. The summed E-state index contributed by atoms with van der Waals surface area (Å²) >= 11 is 0. The van der Waals surface area contributed by atoms with Crippen molar-refractivity contribution < 1.29 is 24.9 Å². The highest BCUT2D eigenvalue weighted by Gasteiger charge is 2.39. The predicted molar refractivity (Wildman–Crippen MR) is 82.8 cm³/mol. The third-order valence-corrected chi connectivity index (χ3v) is 4.04. The first-order valence-corrected chi connectivity index (χ1v) is 7.52. The molecule has 1 aromatic carbocycles. The molecule has 0 radical (unpaired) electrons. The minimum Gasteiger partial charge on any atom is -0.480 e. The number of hydrogen-bond acceptors (Lipinski definition) is 5. The number of benzene rings is 1. The van der Waals surface area contributed by atoms with Crippen molar-refractivity contribution in [1.82, 2.24) is 10.2 Å². The number of carboxylic acids is 1. The van der Waals surface area contributed by atoms with Crippen molar-refractivity contribution in [2.75, 3.05) is 13.1 Å². The molecule has 4 atom stereocenters. The van der Waals surface area contributed by atoms with Crippen LogP contribution in [-0.4, -0.2) is 69.5 Å². The highest BCUT2D eigenvalue weighted by atomic mass is 16.4. The minimum atomic E-state index is -1.03. The number of carbonyl (C=O) groups excluding carboxylic acids is 1. The average molecular weight is 322 g/mol. The van der Waals surface area contributed by atoms with Crippen molar-refractivity contribution in [3.8, 4) is 0 Å². The second kappa shape index (κ2) is 7.54. The second-order valence-electron chi connectivity index (χ2n) is 5.86. The fourth-order valence-corrected chi connectivity index (χ4v) is 2.93. The zero-order valence-corrected chi connectivity index (χ0v) is 12.9. The lowest BCUT2D eigenvalue weighted by Gasteiger charge is -2.41. The van der Waals surface area contributed by atoms with E-state index < -0.39 is 30.3 Å². The van der Waals surface area contributed by atoms with Crippen LogP contribution >= 0.6 is 0 Å². The normalized spacial score (nSPS) is 26.5. The molecule has 1 aromatic rings. The third kappa shape index (κ3) is 4.51. The van der Waals surface area contributed by atoms with E-state index in [2.05, 4.69) is 5.32 Å². The van der Waals surface area contributed by atoms with Crippen LogP contribution < -0.4 is 5.32 Å². The van der Waals surface area contributed by atoms with Crippen LogP contribution in [0.25, 0.3) is 0 Å². The van der Waals surface area contributed by atoms with E-state index in [9.17, 15) is 24.9 Å². The summed E-state index contributed by atoms with van der Waals surface area (Å²) in [6.07, 6.45) is -1.78. The lowest BCUT2D eigenvalue weighted by Crippen LogP contribution is -2.64. The number of likely N-dealkylation sites (tertiary alicyclic amines) is 1. The van der Waals surface area contributed by atoms with Gasteiger partial charge in [0.1, 0.15) is 6.04 Å². The first kappa shape index (κ1) is 17.4. The fraction of sp³-hybridized carbons (Fsp3) is 0.500. The van der Waals surface area contributed by atoms with Crippen LogP contribution in [0.4, 0.5) is 0 Å². The highest BCUT2D eigenvalue weighted by molar-refractivity contribution is 5.74. The highest BCUT2D eigenvalue weighted by Crippen LogP contribution is 2.18. The predicted octanol–water partition coefficient (Wildman–Crippen LogP) is -0.776. The molecule has 23 heavy (non-hydrogen) atoms. The number of hydrogen-bond donors (Lipinski definition) is 4. The SMILES string of the molecule is CC(=O)NC1[C@H](O)CN([C@H](Cc2ccccc2)C(=O)O)C[C@@H]1O. The van der Waals surface area contributed by atoms with E-state index in [1.807, 2.05) is 30.3 Å². The summed E-state index contributed by atoms with van der Waals surface area (Å²) in [4.78, 5) is 24.3. The number of piperidine rings is 1. The van der Waals surface area contributed by atoms with Gasteiger partial charge in [-0.1, -0.05) is 30.3 Å². The van der Waals surface area contributed by atoms with Crippen LogP contribution in [0.5, 0.6) is 0 Å². The Bertz CT molecular complexity index is 539. The van der Waals surface area contributed by atoms with Crippen LogP contribution in [0.3, 0.4) is 0 Å². The van der Waals surface area contributed by atoms with Gasteiger partial charge in [-0.3, -0.25) is 14.5 Å². The summed E-state index contributed by atoms with van der Waals surface area (Å²) in [5.41, 5.74) is 0.868. The first-order chi connectivity index (χ1) is 10.9. The van der Waals surface area contributed by atoms with Gasteiger partial charge in [0, 0.05) is 20.0 Å². The molecule has 126 valence electrons. The molecule has 0 aliphatic carbocycles. The number of nitrogens with zero attached hydrogens (tertiary/aromatic N) is 1. The van der Waals surface area contributed by atoms with Gasteiger partial charge in [0.15, 0.2) is 0 Å². The Morgan fingerprint density at radius 1 is 1.22 bits per heavy atom. The molecule has 2 rings (SSSR count). The van der Waals surface area contributed by atoms with E-state index >= 15 is 0 Å². The van der Waals surface area contributed by atoms with Gasteiger partial charge in [-0.25, -0.2) is 0 Å². The van der Waals surface area contributed by atoms with Gasteiger partial charge in [0.2, 0.25) is 5.91 Å². The largest absolute Gasteiger partial charge is 0.480 e. The number of aliphatic carboxylic acids is 1. The molecule has 0 saturated carbocycles. The molecule has 1 unspecified atom stereocenters. The standard InChI is InChI=1S/C16H22N2O5/c1-10(19)17-15-13(20)8-18(9-14(15)21)12(16(22)23)7-11-5-3-2-4-6-11/h2-6,12-15,20-21H,7-9H2,1H3,(H,17,19)(H,22,23)/t12-,13-,14+,15?/m1/s1. The molecule has 1 aliphatic heterocycles. The Hall–Kier alpha value is -1.96. The van der Waals surface area contributed by atoms with E-state index in [1.165, 1.54) is 6.92 Å². The maximum absolute atomic E-state index is 11.6. The second-order valence-corrected chi connectivity index (χ2v) is 5.86. The van der Waals surface area contributed by atoms with Crippen molar-refractivity contribution in [3.05, 3.63) is 35.9 Å². The van der Waals surface area contributed by atoms with Crippen LogP contribution in [-0.2, 0) is 16.0 Å². The van der Waals surface area contributed by atoms with Crippen LogP contribution in [0.1, 0.15) is 12.5 Å². The van der Waals surface area contributed by atoms with Gasteiger partial charge >= 0.3 is 5.97 Å². The minimum absolute atomic E-state index is 0.0752. The zero-order chi connectivity index (χ0) is 17.0. The van der Waals surface area contributed by atoms with Gasteiger partial charge < -0.3 is 20.6 Å². The fourth-order valence-electron chi connectivity index (χ4n) is 2.93. The summed E-state index contributed by atoms with van der Waals surface area (Å²) in [7, 11) is 0. The summed E-state index contributed by atoms with van der Waals surface area (Å²) in [5.74, 6) is -1.35. The van der Waals surface area contributed by atoms with Gasteiger partial charge in [-0.2, -0.15) is 0 Å². The first-order valence-electron chi connectivity index (χ1n) is 7.52. The molecule has 1 aliphatic rings. The van der Waals surface area contributed by atoms with Gasteiger partial charge in [-0.15, -0.1) is 0 Å². The molecule has 7 nitrogen and oxygen atoms in total. The number of nitrogens with one attached hydrogen (secondary N) is 1. The average Bonchev–Trinajstić information content (AvgIpc) is 2.49. The quantitative estimate of drug-likeness (QED) is 0.566. The van der Waals surface area contributed by atoms with E-state index in [-0.39, 0.29) is 25.4 Å². The maximum Gasteiger partial charge on any atom is 0.321 e. The Balaban J connectivity index is 2.09. The molecule has 0 aromatic heterocycles. The number of β-amino-alcohol motifs (C(OH)–C–C–N with tert-alkyl or cyclic N) is 2. The monoisotopic (exact) mass is 322 g/mol. The molecule has 1 fully saturated rings. The van der Waals surface area contributed by atoms with Gasteiger partial charge in [-0.05, 0) is 12.0 Å². The molecular weight excluding hydrogens is 300 g/mol. The molecule has 0 spiro atoms. The number of carbonyl (C=O) groups is 2. The molecule has 7 heteroatoms. The number of rotatable bonds is 5. The topological polar surface area (TPSA) is 110 Å². The lowest BCUT2D eigenvalue weighted by molar-refractivity contribution is -0.147. The van der Waals surface area contributed by atoms with E-state index in [1.54, 1.807) is 4.90 Å². The van der Waals surface area contributed by atoms with Crippen LogP contribution in [0, 0.1) is 0 Å². The Labute approximate surface area is 134 Å². The molecule has 4 N–H and O–H groups in total. The molecule has 1 heterocycles. The van der Waals surface area contributed by atoms with Crippen LogP contribution in [0.15, 0.2) is 30.3 Å². The number of amides is 1. The van der Waals surface area contributed by atoms with Crippen molar-refractivity contribution in [1.29, 1.82) is 0 Å². The zero-order valence-electron chi connectivity index (χ0n) is 12.9. The lowest BCUT2D eigenvalue weighted by atomic mass is 9.95. The Morgan fingerprint density at radius 3 is 2.26 bits per heavy atom. The molecular formula is C16H22N2O5. The molecule has 0 bridgehead atoms. The summed E-state index contributed by atoms with van der Waals surface area (Å²) in [6, 6.07) is 7.57. The van der Waals surface area contributed by atoms with Gasteiger partial charge in [0.25, 0.3) is 0 Å². The van der Waals surface area contributed by atoms with E-state index in [0.29, 0.717) is 0 Å².